The first kappa shape index (κ1) is 23.0. The summed E-state index contributed by atoms with van der Waals surface area (Å²) in [6.07, 6.45) is 1.47. The molecule has 7 nitrogen and oxygen atoms in total. The van der Waals surface area contributed by atoms with Crippen molar-refractivity contribution in [2.45, 2.75) is 6.92 Å². The molecule has 0 aliphatic carbocycles. The molecule has 3 rings (SSSR count). The van der Waals surface area contributed by atoms with E-state index in [0.29, 0.717) is 39.3 Å². The van der Waals surface area contributed by atoms with Gasteiger partial charge in [0.05, 0.1) is 31.1 Å². The molecule has 32 heavy (non-hydrogen) atoms. The average molecular weight is 497 g/mol. The average Bonchev–Trinajstić information content (AvgIpc) is 2.80. The Labute approximate surface area is 194 Å². The number of hydrogen-bond donors (Lipinski definition) is 1. The fourth-order valence-electron chi connectivity index (χ4n) is 2.73. The summed E-state index contributed by atoms with van der Waals surface area (Å²) in [6.45, 7) is 2.43. The van der Waals surface area contributed by atoms with Crippen molar-refractivity contribution in [3.05, 3.63) is 87.9 Å². The molecule has 0 aliphatic rings. The number of hydrazone groups is 1. The SMILES string of the molecule is CCOc1ccc(C(=O)Oc2ccc(/C=N\NC(=O)c3ccccc3Br)cc2OC)cc1. The summed E-state index contributed by atoms with van der Waals surface area (Å²) in [7, 11) is 1.47. The van der Waals surface area contributed by atoms with E-state index in [1.165, 1.54) is 13.3 Å². The normalized spacial score (nSPS) is 10.6. The summed E-state index contributed by atoms with van der Waals surface area (Å²) in [6, 6.07) is 18.7. The summed E-state index contributed by atoms with van der Waals surface area (Å²) < 4.78 is 16.8. The molecular weight excluding hydrogens is 476 g/mol. The number of amides is 1. The lowest BCUT2D eigenvalue weighted by molar-refractivity contribution is 0.0729. The van der Waals surface area contributed by atoms with E-state index in [0.717, 1.165) is 0 Å². The Morgan fingerprint density at radius 1 is 1.03 bits per heavy atom. The van der Waals surface area contributed by atoms with Gasteiger partial charge >= 0.3 is 5.97 Å². The zero-order valence-electron chi connectivity index (χ0n) is 17.5. The van der Waals surface area contributed by atoms with Gasteiger partial charge in [0.25, 0.3) is 5.91 Å². The highest BCUT2D eigenvalue weighted by molar-refractivity contribution is 9.10. The predicted molar refractivity (Wildman–Crippen MR) is 125 cm³/mol. The molecule has 0 fully saturated rings. The molecule has 3 aromatic rings. The second kappa shape index (κ2) is 11.1. The van der Waals surface area contributed by atoms with Crippen molar-refractivity contribution in [2.75, 3.05) is 13.7 Å². The molecule has 3 aromatic carbocycles. The maximum Gasteiger partial charge on any atom is 0.343 e. The number of carbonyl (C=O) groups is 2. The van der Waals surface area contributed by atoms with Crippen LogP contribution in [0.1, 0.15) is 33.2 Å². The molecule has 0 unspecified atom stereocenters. The summed E-state index contributed by atoms with van der Waals surface area (Å²) in [5, 5.41) is 3.98. The van der Waals surface area contributed by atoms with Crippen LogP contribution >= 0.6 is 15.9 Å². The second-order valence-corrected chi connectivity index (χ2v) is 7.29. The topological polar surface area (TPSA) is 86.2 Å². The standard InChI is InChI=1S/C24H21BrN2O5/c1-3-31-18-11-9-17(10-12-18)24(29)32-21-13-8-16(14-22(21)30-2)15-26-27-23(28)19-6-4-5-7-20(19)25/h4-15H,3H2,1-2H3,(H,27,28)/b26-15-. The minimum Gasteiger partial charge on any atom is -0.494 e. The Hall–Kier alpha value is -3.65. The molecule has 1 N–H and O–H groups in total. The molecule has 0 aromatic heterocycles. The maximum absolute atomic E-state index is 12.4. The van der Waals surface area contributed by atoms with E-state index in [9.17, 15) is 9.59 Å². The fraction of sp³-hybridized carbons (Fsp3) is 0.125. The zero-order chi connectivity index (χ0) is 22.9. The molecule has 0 saturated heterocycles. The predicted octanol–water partition coefficient (Wildman–Crippen LogP) is 4.84. The molecule has 0 bridgehead atoms. The van der Waals surface area contributed by atoms with Crippen molar-refractivity contribution in [1.82, 2.24) is 5.43 Å². The molecule has 8 heteroatoms. The summed E-state index contributed by atoms with van der Waals surface area (Å²) in [4.78, 5) is 24.7. The fourth-order valence-corrected chi connectivity index (χ4v) is 3.20. The van der Waals surface area contributed by atoms with Crippen LogP contribution in [0.5, 0.6) is 17.2 Å². The van der Waals surface area contributed by atoms with Crippen LogP contribution < -0.4 is 19.6 Å². The Bertz CT molecular complexity index is 1130. The van der Waals surface area contributed by atoms with Gasteiger partial charge in [0.1, 0.15) is 5.75 Å². The Balaban J connectivity index is 1.66. The van der Waals surface area contributed by atoms with Crippen molar-refractivity contribution in [3.8, 4) is 17.2 Å². The van der Waals surface area contributed by atoms with Gasteiger partial charge in [-0.2, -0.15) is 5.10 Å². The molecular formula is C24H21BrN2O5. The first-order chi connectivity index (χ1) is 15.5. The zero-order valence-corrected chi connectivity index (χ0v) is 19.1. The number of benzene rings is 3. The van der Waals surface area contributed by atoms with Gasteiger partial charge in [0.2, 0.25) is 0 Å². The van der Waals surface area contributed by atoms with Gasteiger partial charge in [0, 0.05) is 4.47 Å². The van der Waals surface area contributed by atoms with Gasteiger partial charge in [-0.1, -0.05) is 12.1 Å². The van der Waals surface area contributed by atoms with Gasteiger partial charge in [-0.25, -0.2) is 10.2 Å². The van der Waals surface area contributed by atoms with Crippen LogP contribution in [0, 0.1) is 0 Å². The van der Waals surface area contributed by atoms with Gasteiger partial charge < -0.3 is 14.2 Å². The quantitative estimate of drug-likeness (QED) is 0.208. The van der Waals surface area contributed by atoms with Crippen molar-refractivity contribution in [3.63, 3.8) is 0 Å². The van der Waals surface area contributed by atoms with E-state index < -0.39 is 5.97 Å². The minimum absolute atomic E-state index is 0.265. The van der Waals surface area contributed by atoms with Crippen molar-refractivity contribution in [1.29, 1.82) is 0 Å². The van der Waals surface area contributed by atoms with Gasteiger partial charge in [-0.15, -0.1) is 0 Å². The molecule has 0 atom stereocenters. The molecule has 164 valence electrons. The number of halogens is 1. The summed E-state index contributed by atoms with van der Waals surface area (Å²) in [5.41, 5.74) is 3.98. The summed E-state index contributed by atoms with van der Waals surface area (Å²) in [5.74, 6) is 0.429. The van der Waals surface area contributed by atoms with Crippen molar-refractivity contribution >= 4 is 34.0 Å². The molecule has 0 aliphatic heterocycles. The van der Waals surface area contributed by atoms with Crippen molar-refractivity contribution in [2.24, 2.45) is 5.10 Å². The monoisotopic (exact) mass is 496 g/mol. The van der Waals surface area contributed by atoms with E-state index in [-0.39, 0.29) is 11.7 Å². The van der Waals surface area contributed by atoms with Gasteiger partial charge in [-0.3, -0.25) is 4.79 Å². The van der Waals surface area contributed by atoms with E-state index >= 15 is 0 Å². The Morgan fingerprint density at radius 3 is 2.47 bits per heavy atom. The molecule has 0 saturated carbocycles. The van der Waals surface area contributed by atoms with Crippen LogP contribution in [0.25, 0.3) is 0 Å². The number of carbonyl (C=O) groups excluding carboxylic acids is 2. The number of rotatable bonds is 8. The highest BCUT2D eigenvalue weighted by atomic mass is 79.9. The highest BCUT2D eigenvalue weighted by Crippen LogP contribution is 2.28. The number of nitrogens with zero attached hydrogens (tertiary/aromatic N) is 1. The van der Waals surface area contributed by atoms with Gasteiger partial charge in [-0.05, 0) is 83.0 Å². The molecule has 0 radical (unpaired) electrons. The number of esters is 1. The number of methoxy groups -OCH3 is 1. The first-order valence-corrected chi connectivity index (χ1v) is 10.5. The second-order valence-electron chi connectivity index (χ2n) is 6.44. The van der Waals surface area contributed by atoms with E-state index in [1.54, 1.807) is 60.7 Å². The molecule has 0 heterocycles. The Kier molecular flexibility index (Phi) is 7.99. The third-order valence-electron chi connectivity index (χ3n) is 4.29. The van der Waals surface area contributed by atoms with Crippen LogP contribution in [0.2, 0.25) is 0 Å². The number of nitrogens with one attached hydrogen (secondary N) is 1. The third kappa shape index (κ3) is 5.95. The summed E-state index contributed by atoms with van der Waals surface area (Å²) >= 11 is 3.33. The lowest BCUT2D eigenvalue weighted by Crippen LogP contribution is -2.18. The molecule has 0 spiro atoms. The number of hydrogen-bond acceptors (Lipinski definition) is 6. The highest BCUT2D eigenvalue weighted by Gasteiger charge is 2.13. The van der Waals surface area contributed by atoms with Crippen molar-refractivity contribution < 1.29 is 23.8 Å². The minimum atomic E-state index is -0.520. The van der Waals surface area contributed by atoms with Crippen LogP contribution in [0.3, 0.4) is 0 Å². The van der Waals surface area contributed by atoms with Crippen LogP contribution in [0.4, 0.5) is 0 Å². The van der Waals surface area contributed by atoms with E-state index in [1.807, 2.05) is 13.0 Å². The van der Waals surface area contributed by atoms with Crippen LogP contribution in [0.15, 0.2) is 76.3 Å². The maximum atomic E-state index is 12.4. The first-order valence-electron chi connectivity index (χ1n) is 9.72. The lowest BCUT2D eigenvalue weighted by Gasteiger charge is -2.10. The largest absolute Gasteiger partial charge is 0.494 e. The molecule has 1 amide bonds. The van der Waals surface area contributed by atoms with Crippen LogP contribution in [-0.4, -0.2) is 31.8 Å². The van der Waals surface area contributed by atoms with Crippen LogP contribution in [-0.2, 0) is 0 Å². The number of ether oxygens (including phenoxy) is 3. The lowest BCUT2D eigenvalue weighted by atomic mass is 10.2. The van der Waals surface area contributed by atoms with E-state index in [4.69, 9.17) is 14.2 Å². The van der Waals surface area contributed by atoms with E-state index in [2.05, 4.69) is 26.5 Å². The smallest absolute Gasteiger partial charge is 0.343 e. The Morgan fingerprint density at radius 2 is 1.78 bits per heavy atom. The third-order valence-corrected chi connectivity index (χ3v) is 4.98. The van der Waals surface area contributed by atoms with Gasteiger partial charge in [0.15, 0.2) is 11.5 Å².